The zero-order chi connectivity index (χ0) is 18.7. The molecule has 27 heavy (non-hydrogen) atoms. The van der Waals surface area contributed by atoms with Crippen LogP contribution in [0.4, 0.5) is 0 Å². The lowest BCUT2D eigenvalue weighted by Gasteiger charge is -2.31. The van der Waals surface area contributed by atoms with E-state index in [0.29, 0.717) is 31.0 Å². The Balaban J connectivity index is 0.00000261. The lowest BCUT2D eigenvalue weighted by Crippen LogP contribution is -2.44. The van der Waals surface area contributed by atoms with Crippen LogP contribution >= 0.6 is 12.4 Å². The summed E-state index contributed by atoms with van der Waals surface area (Å²) in [4.78, 5) is 13.8. The summed E-state index contributed by atoms with van der Waals surface area (Å²) in [6.45, 7) is 3.41. The molecule has 3 rings (SSSR count). The zero-order valence-corrected chi connectivity index (χ0v) is 17.4. The predicted molar refractivity (Wildman–Crippen MR) is 108 cm³/mol. The molecule has 1 aromatic carbocycles. The van der Waals surface area contributed by atoms with Gasteiger partial charge in [0.25, 0.3) is 0 Å². The van der Waals surface area contributed by atoms with E-state index in [1.165, 1.54) is 0 Å². The number of nitrogens with zero attached hydrogens (tertiary/aromatic N) is 1. The van der Waals surface area contributed by atoms with Crippen LogP contribution in [0.25, 0.3) is 0 Å². The Hall–Kier alpha value is -1.15. The summed E-state index contributed by atoms with van der Waals surface area (Å²) in [7, 11) is -3.56. The topological polar surface area (TPSA) is 92.5 Å². The van der Waals surface area contributed by atoms with Gasteiger partial charge >= 0.3 is 0 Å². The lowest BCUT2D eigenvalue weighted by atomic mass is 9.85. The largest absolute Gasteiger partial charge is 0.342 e. The van der Waals surface area contributed by atoms with Gasteiger partial charge in [-0.1, -0.05) is 18.9 Å². The molecule has 1 aliphatic carbocycles. The highest BCUT2D eigenvalue weighted by Crippen LogP contribution is 2.26. The average molecular weight is 416 g/mol. The number of nitrogens with one attached hydrogen (secondary N) is 1. The number of fused-ring (bicyclic) bond motifs is 1. The smallest absolute Gasteiger partial charge is 0.240 e. The van der Waals surface area contributed by atoms with Crippen LogP contribution < -0.4 is 10.5 Å². The molecule has 2 unspecified atom stereocenters. The summed E-state index contributed by atoms with van der Waals surface area (Å²) in [6.07, 6.45) is 5.43. The van der Waals surface area contributed by atoms with Gasteiger partial charge in [-0.25, -0.2) is 13.1 Å². The van der Waals surface area contributed by atoms with Crippen LogP contribution in [0.2, 0.25) is 0 Å². The number of nitrogens with two attached hydrogens (primary N) is 1. The van der Waals surface area contributed by atoms with Gasteiger partial charge in [-0.05, 0) is 61.4 Å². The molecule has 0 spiro atoms. The summed E-state index contributed by atoms with van der Waals surface area (Å²) < 4.78 is 28.7. The Kier molecular flexibility index (Phi) is 7.68. The van der Waals surface area contributed by atoms with E-state index in [0.717, 1.165) is 43.2 Å². The summed E-state index contributed by atoms with van der Waals surface area (Å²) in [5.41, 5.74) is 7.98. The van der Waals surface area contributed by atoms with Crippen molar-refractivity contribution >= 4 is 28.3 Å². The minimum absolute atomic E-state index is 0. The third-order valence-corrected chi connectivity index (χ3v) is 7.24. The Labute approximate surface area is 168 Å². The first kappa shape index (κ1) is 22.1. The van der Waals surface area contributed by atoms with Gasteiger partial charge in [0.15, 0.2) is 0 Å². The fraction of sp³-hybridized carbons (Fsp3) is 0.632. The molecule has 1 fully saturated rings. The number of sulfonamides is 1. The second-order valence-electron chi connectivity index (χ2n) is 7.44. The average Bonchev–Trinajstić information content (AvgIpc) is 2.84. The minimum atomic E-state index is -3.56. The SMILES string of the molecule is CC(=O)N1CCc2ccc(S(=O)(=O)NC3CCCCC3CN)cc2CC1.Cl. The second-order valence-corrected chi connectivity index (χ2v) is 9.16. The molecule has 0 saturated heterocycles. The predicted octanol–water partition coefficient (Wildman–Crippen LogP) is 1.85. The van der Waals surface area contributed by atoms with Crippen molar-refractivity contribution in [3.8, 4) is 0 Å². The molecule has 1 amide bonds. The first-order valence-electron chi connectivity index (χ1n) is 9.50. The van der Waals surface area contributed by atoms with E-state index in [2.05, 4.69) is 4.72 Å². The summed E-state index contributed by atoms with van der Waals surface area (Å²) in [5.74, 6) is 0.279. The highest BCUT2D eigenvalue weighted by atomic mass is 35.5. The number of carbonyl (C=O) groups excluding carboxylic acids is 1. The Bertz CT molecular complexity index is 769. The quantitative estimate of drug-likeness (QED) is 0.784. The molecule has 1 saturated carbocycles. The van der Waals surface area contributed by atoms with Gasteiger partial charge in [0.2, 0.25) is 15.9 Å². The molecule has 0 bridgehead atoms. The Morgan fingerprint density at radius 3 is 2.52 bits per heavy atom. The van der Waals surface area contributed by atoms with Crippen LogP contribution in [0.15, 0.2) is 23.1 Å². The van der Waals surface area contributed by atoms with Crippen molar-refractivity contribution in [2.24, 2.45) is 11.7 Å². The van der Waals surface area contributed by atoms with Gasteiger partial charge in [-0.2, -0.15) is 0 Å². The van der Waals surface area contributed by atoms with Crippen LogP contribution in [0.5, 0.6) is 0 Å². The van der Waals surface area contributed by atoms with Crippen molar-refractivity contribution in [3.05, 3.63) is 29.3 Å². The summed E-state index contributed by atoms with van der Waals surface area (Å²) in [6, 6.07) is 5.28. The number of hydrogen-bond acceptors (Lipinski definition) is 4. The molecular formula is C19H30ClN3O3S. The highest BCUT2D eigenvalue weighted by Gasteiger charge is 2.29. The van der Waals surface area contributed by atoms with Gasteiger partial charge in [-0.3, -0.25) is 4.79 Å². The van der Waals surface area contributed by atoms with E-state index in [1.54, 1.807) is 19.1 Å². The maximum atomic E-state index is 12.9. The Morgan fingerprint density at radius 2 is 1.85 bits per heavy atom. The number of amides is 1. The number of rotatable bonds is 4. The Morgan fingerprint density at radius 1 is 1.19 bits per heavy atom. The monoisotopic (exact) mass is 415 g/mol. The number of carbonyl (C=O) groups is 1. The first-order valence-corrected chi connectivity index (χ1v) is 11.0. The molecule has 2 atom stereocenters. The van der Waals surface area contributed by atoms with E-state index < -0.39 is 10.0 Å². The lowest BCUT2D eigenvalue weighted by molar-refractivity contribution is -0.128. The van der Waals surface area contributed by atoms with Crippen molar-refractivity contribution in [2.45, 2.75) is 56.4 Å². The molecule has 0 aromatic heterocycles. The molecule has 1 aliphatic heterocycles. The molecular weight excluding hydrogens is 386 g/mol. The fourth-order valence-electron chi connectivity index (χ4n) is 4.10. The van der Waals surface area contributed by atoms with Gasteiger partial charge in [-0.15, -0.1) is 12.4 Å². The summed E-state index contributed by atoms with van der Waals surface area (Å²) >= 11 is 0. The normalized spacial score (nSPS) is 23.1. The minimum Gasteiger partial charge on any atom is -0.342 e. The third-order valence-electron chi connectivity index (χ3n) is 5.75. The maximum absolute atomic E-state index is 12.9. The van der Waals surface area contributed by atoms with Crippen molar-refractivity contribution in [1.82, 2.24) is 9.62 Å². The molecule has 8 heteroatoms. The van der Waals surface area contributed by atoms with Gasteiger partial charge < -0.3 is 10.6 Å². The van der Waals surface area contributed by atoms with Crippen LogP contribution in [-0.4, -0.2) is 44.9 Å². The number of benzene rings is 1. The van der Waals surface area contributed by atoms with E-state index in [-0.39, 0.29) is 30.3 Å². The van der Waals surface area contributed by atoms with Crippen LogP contribution in [0, 0.1) is 5.92 Å². The molecule has 2 aliphatic rings. The highest BCUT2D eigenvalue weighted by molar-refractivity contribution is 7.89. The zero-order valence-electron chi connectivity index (χ0n) is 15.8. The van der Waals surface area contributed by atoms with E-state index in [4.69, 9.17) is 5.73 Å². The molecule has 152 valence electrons. The molecule has 1 heterocycles. The van der Waals surface area contributed by atoms with Gasteiger partial charge in [0.1, 0.15) is 0 Å². The van der Waals surface area contributed by atoms with Crippen LogP contribution in [-0.2, 0) is 27.7 Å². The standard InChI is InChI=1S/C19H29N3O3S.ClH/c1-14(23)22-10-8-15-6-7-18(12-16(15)9-11-22)26(24,25)21-19-5-3-2-4-17(19)13-20;/h6-7,12,17,19,21H,2-5,8-11,13,20H2,1H3;1H. The third kappa shape index (κ3) is 5.22. The van der Waals surface area contributed by atoms with Crippen molar-refractivity contribution < 1.29 is 13.2 Å². The molecule has 1 aromatic rings. The van der Waals surface area contributed by atoms with Crippen molar-refractivity contribution in [3.63, 3.8) is 0 Å². The van der Waals surface area contributed by atoms with Crippen molar-refractivity contribution in [2.75, 3.05) is 19.6 Å². The fourth-order valence-corrected chi connectivity index (χ4v) is 5.49. The molecule has 6 nitrogen and oxygen atoms in total. The second kappa shape index (κ2) is 9.37. The van der Waals surface area contributed by atoms with Gasteiger partial charge in [0.05, 0.1) is 4.90 Å². The number of hydrogen-bond donors (Lipinski definition) is 2. The van der Waals surface area contributed by atoms with Gasteiger partial charge in [0, 0.05) is 26.1 Å². The van der Waals surface area contributed by atoms with E-state index in [1.807, 2.05) is 11.0 Å². The maximum Gasteiger partial charge on any atom is 0.240 e. The van der Waals surface area contributed by atoms with E-state index in [9.17, 15) is 13.2 Å². The number of halogens is 1. The summed E-state index contributed by atoms with van der Waals surface area (Å²) in [5, 5.41) is 0. The van der Waals surface area contributed by atoms with Crippen LogP contribution in [0.1, 0.15) is 43.7 Å². The molecule has 3 N–H and O–H groups in total. The van der Waals surface area contributed by atoms with Crippen LogP contribution in [0.3, 0.4) is 0 Å². The van der Waals surface area contributed by atoms with E-state index >= 15 is 0 Å². The first-order chi connectivity index (χ1) is 12.4. The van der Waals surface area contributed by atoms with Crippen molar-refractivity contribution in [1.29, 1.82) is 0 Å². The molecule has 0 radical (unpaired) electrons.